The number of fused-ring (bicyclic) bond motifs is 1. The molecule has 2 heterocycles. The molecule has 2 aliphatic rings. The van der Waals surface area contributed by atoms with Crippen molar-refractivity contribution < 1.29 is 14.3 Å². The minimum Gasteiger partial charge on any atom is -0.409 e. The van der Waals surface area contributed by atoms with Gasteiger partial charge in [-0.15, -0.1) is 0 Å². The molecule has 11 heteroatoms. The van der Waals surface area contributed by atoms with Gasteiger partial charge in [-0.2, -0.15) is 0 Å². The van der Waals surface area contributed by atoms with Crippen LogP contribution in [0.3, 0.4) is 0 Å². The van der Waals surface area contributed by atoms with E-state index >= 15 is 0 Å². The van der Waals surface area contributed by atoms with E-state index in [1.165, 1.54) is 0 Å². The molecule has 3 aromatic carbocycles. The van der Waals surface area contributed by atoms with Crippen molar-refractivity contribution >= 4 is 74.9 Å². The summed E-state index contributed by atoms with van der Waals surface area (Å²) in [6.07, 6.45) is -0.506. The Morgan fingerprint density at radius 2 is 1.68 bits per heavy atom. The topological polar surface area (TPSA) is 57.6 Å². The maximum atomic E-state index is 14.0. The van der Waals surface area contributed by atoms with Crippen LogP contribution in [0.15, 0.2) is 69.9 Å². The summed E-state index contributed by atoms with van der Waals surface area (Å²) in [5.74, 6) is 0.524. The molecule has 200 valence electrons. The van der Waals surface area contributed by atoms with Crippen LogP contribution in [0.25, 0.3) is 0 Å². The lowest BCUT2D eigenvalue weighted by Crippen LogP contribution is -2.49. The summed E-state index contributed by atoms with van der Waals surface area (Å²) in [6, 6.07) is 19.1. The zero-order valence-corrected chi connectivity index (χ0v) is 25.1. The first-order valence-electron chi connectivity index (χ1n) is 12.5. The molecule has 5 rings (SSSR count). The van der Waals surface area contributed by atoms with Crippen LogP contribution in [0, 0.1) is 0 Å². The highest BCUT2D eigenvalue weighted by atomic mass is 79.9. The van der Waals surface area contributed by atoms with Gasteiger partial charge < -0.3 is 14.4 Å². The van der Waals surface area contributed by atoms with Crippen molar-refractivity contribution in [3.8, 4) is 5.75 Å². The number of benzene rings is 3. The molecule has 1 atom stereocenters. The number of amides is 1. The van der Waals surface area contributed by atoms with Gasteiger partial charge in [0.1, 0.15) is 5.75 Å². The van der Waals surface area contributed by atoms with E-state index < -0.39 is 13.4 Å². The van der Waals surface area contributed by atoms with Gasteiger partial charge in [0, 0.05) is 42.4 Å². The van der Waals surface area contributed by atoms with Gasteiger partial charge in [-0.3, -0.25) is 0 Å². The van der Waals surface area contributed by atoms with E-state index in [-0.39, 0.29) is 0 Å². The lowest BCUT2D eigenvalue weighted by molar-refractivity contribution is 0.0742. The van der Waals surface area contributed by atoms with Crippen molar-refractivity contribution in [3.05, 3.63) is 75.2 Å². The molecule has 0 radical (unpaired) electrons. The molecule has 1 saturated heterocycles. The molecule has 0 N–H and O–H groups in total. The van der Waals surface area contributed by atoms with Crippen LogP contribution in [0.4, 0.5) is 21.9 Å². The molecular weight excluding hydrogens is 610 g/mol. The summed E-state index contributed by atoms with van der Waals surface area (Å²) >= 11 is 16.2. The third kappa shape index (κ3) is 5.10. The zero-order valence-electron chi connectivity index (χ0n) is 21.1. The van der Waals surface area contributed by atoms with E-state index in [2.05, 4.69) is 51.5 Å². The van der Waals surface area contributed by atoms with Crippen molar-refractivity contribution in [2.75, 3.05) is 49.0 Å². The van der Waals surface area contributed by atoms with Crippen LogP contribution in [0.5, 0.6) is 5.75 Å². The van der Waals surface area contributed by atoms with Gasteiger partial charge in [-0.05, 0) is 68.4 Å². The van der Waals surface area contributed by atoms with Gasteiger partial charge in [0.25, 0.3) is 0 Å². The molecule has 0 saturated carbocycles. The van der Waals surface area contributed by atoms with Gasteiger partial charge in [0.15, 0.2) is 7.36 Å². The maximum absolute atomic E-state index is 14.0. The molecule has 0 aromatic heterocycles. The number of nitrogens with zero attached hydrogens (tertiary/aromatic N) is 4. The fourth-order valence-corrected chi connectivity index (χ4v) is 9.03. The molecule has 3 aromatic rings. The van der Waals surface area contributed by atoms with E-state index in [0.717, 1.165) is 34.2 Å². The van der Waals surface area contributed by atoms with E-state index in [4.69, 9.17) is 37.4 Å². The SMILES string of the molecule is CCN(CC)c1ccc2c(c1)OC(=O)N(c1ccc(Cl)c(Cl)c1)[P@@]2(=Nc1ccc(Br)cc1)N1CCOCC1. The van der Waals surface area contributed by atoms with Crippen LogP contribution in [-0.2, 0) is 4.74 Å². The lowest BCUT2D eigenvalue weighted by Gasteiger charge is -2.47. The van der Waals surface area contributed by atoms with E-state index in [0.29, 0.717) is 47.8 Å². The second kappa shape index (κ2) is 11.6. The Hall–Kier alpha value is -2.06. The number of carbonyl (C=O) groups is 1. The smallest absolute Gasteiger partial charge is 0.409 e. The average Bonchev–Trinajstić information content (AvgIpc) is 2.92. The second-order valence-electron chi connectivity index (χ2n) is 8.81. The number of ether oxygens (including phenoxy) is 2. The number of carbonyl (C=O) groups excluding carboxylic acids is 1. The Kier molecular flexibility index (Phi) is 8.39. The van der Waals surface area contributed by atoms with Crippen molar-refractivity contribution in [1.82, 2.24) is 4.67 Å². The quantitative estimate of drug-likeness (QED) is 0.257. The molecule has 0 spiro atoms. The molecule has 0 aliphatic carbocycles. The molecular formula is C27H28BrCl2N4O3P. The van der Waals surface area contributed by atoms with Gasteiger partial charge in [-0.25, -0.2) is 18.9 Å². The van der Waals surface area contributed by atoms with E-state index in [1.807, 2.05) is 30.3 Å². The van der Waals surface area contributed by atoms with Crippen LogP contribution in [-0.4, -0.2) is 50.2 Å². The number of morpholine rings is 1. The molecule has 38 heavy (non-hydrogen) atoms. The van der Waals surface area contributed by atoms with Crippen LogP contribution >= 0.6 is 46.5 Å². The molecule has 1 amide bonds. The largest absolute Gasteiger partial charge is 0.425 e. The Bertz CT molecular complexity index is 1400. The fraction of sp³-hybridized carbons (Fsp3) is 0.296. The van der Waals surface area contributed by atoms with Gasteiger partial charge in [0.05, 0.1) is 39.9 Å². The van der Waals surface area contributed by atoms with E-state index in [9.17, 15) is 4.79 Å². The Labute approximate surface area is 241 Å². The standard InChI is InChI=1S/C27H28BrCl2N4O3P/c1-3-32(4-2)21-10-12-26-25(18-21)37-27(35)34(22-9-11-23(29)24(30)17-22)38(26,33-13-15-36-16-14-33)31-20-7-5-19(28)6-8-20/h5-12,17-18H,3-4,13-16H2,1-2H3/t38-/m0/s1. The lowest BCUT2D eigenvalue weighted by atomic mass is 10.2. The Balaban J connectivity index is 1.83. The molecule has 7 nitrogen and oxygen atoms in total. The minimum absolute atomic E-state index is 0.350. The van der Waals surface area contributed by atoms with Crippen LogP contribution in [0.1, 0.15) is 13.8 Å². The number of hydrogen-bond donors (Lipinski definition) is 0. The minimum atomic E-state index is -2.98. The summed E-state index contributed by atoms with van der Waals surface area (Å²) in [4.78, 5) is 16.2. The first-order valence-corrected chi connectivity index (χ1v) is 15.6. The second-order valence-corrected chi connectivity index (χ2v) is 13.3. The highest BCUT2D eigenvalue weighted by Crippen LogP contribution is 2.63. The summed E-state index contributed by atoms with van der Waals surface area (Å²) in [7, 11) is -2.98. The third-order valence-electron chi connectivity index (χ3n) is 6.66. The first kappa shape index (κ1) is 27.5. The number of rotatable bonds is 6. The predicted octanol–water partition coefficient (Wildman–Crippen LogP) is 7.94. The van der Waals surface area contributed by atoms with Gasteiger partial charge >= 0.3 is 6.09 Å². The van der Waals surface area contributed by atoms with Crippen LogP contribution in [0.2, 0.25) is 10.0 Å². The molecule has 1 fully saturated rings. The van der Waals surface area contributed by atoms with Crippen molar-refractivity contribution in [2.24, 2.45) is 4.74 Å². The van der Waals surface area contributed by atoms with E-state index in [1.54, 1.807) is 22.9 Å². The normalized spacial score (nSPS) is 19.6. The number of hydrogen-bond acceptors (Lipinski definition) is 5. The maximum Gasteiger partial charge on any atom is 0.425 e. The molecule has 2 aliphatic heterocycles. The Morgan fingerprint density at radius 3 is 2.34 bits per heavy atom. The van der Waals surface area contributed by atoms with Crippen LogP contribution < -0.4 is 19.6 Å². The first-order chi connectivity index (χ1) is 18.4. The van der Waals surface area contributed by atoms with Gasteiger partial charge in [0.2, 0.25) is 0 Å². The highest BCUT2D eigenvalue weighted by molar-refractivity contribution is 9.10. The summed E-state index contributed by atoms with van der Waals surface area (Å²) in [5.41, 5.74) is 2.32. The monoisotopic (exact) mass is 636 g/mol. The fourth-order valence-electron chi connectivity index (χ4n) is 4.80. The molecule has 0 bridgehead atoms. The summed E-state index contributed by atoms with van der Waals surface area (Å²) in [5, 5.41) is 1.62. The van der Waals surface area contributed by atoms with Crippen molar-refractivity contribution in [2.45, 2.75) is 13.8 Å². The Morgan fingerprint density at radius 1 is 0.974 bits per heavy atom. The summed E-state index contributed by atoms with van der Waals surface area (Å²) in [6.45, 7) is 8.18. The van der Waals surface area contributed by atoms with Crippen molar-refractivity contribution in [1.29, 1.82) is 0 Å². The third-order valence-corrected chi connectivity index (χ3v) is 11.6. The zero-order chi connectivity index (χ0) is 26.9. The average molecular weight is 638 g/mol. The van der Waals surface area contributed by atoms with Crippen molar-refractivity contribution in [3.63, 3.8) is 0 Å². The highest BCUT2D eigenvalue weighted by Gasteiger charge is 2.47. The van der Waals surface area contributed by atoms with Gasteiger partial charge in [-0.1, -0.05) is 39.1 Å². The predicted molar refractivity (Wildman–Crippen MR) is 160 cm³/mol. The number of halogens is 3. The summed E-state index contributed by atoms with van der Waals surface area (Å²) < 4.78 is 22.1. The molecule has 0 unspecified atom stereocenters. The number of anilines is 2.